The maximum Gasteiger partial charge on any atom is 0.162 e. The average molecular weight is 278 g/mol. The number of benzene rings is 1. The van der Waals surface area contributed by atoms with Gasteiger partial charge in [-0.3, -0.25) is 0 Å². The van der Waals surface area contributed by atoms with E-state index in [1.54, 1.807) is 6.07 Å². The fraction of sp³-hybridized carbons (Fsp3) is 0.625. The third kappa shape index (κ3) is 4.12. The molecule has 1 aromatic rings. The first-order valence-electron chi connectivity index (χ1n) is 7.60. The van der Waals surface area contributed by atoms with E-state index in [9.17, 15) is 5.11 Å². The first-order chi connectivity index (χ1) is 9.70. The number of ether oxygens (including phenoxy) is 1. The number of nitrogens with zero attached hydrogens (tertiary/aromatic N) is 1. The van der Waals surface area contributed by atoms with Gasteiger partial charge < -0.3 is 20.1 Å². The predicted octanol–water partition coefficient (Wildman–Crippen LogP) is 2.36. The van der Waals surface area contributed by atoms with Crippen LogP contribution in [0.5, 0.6) is 11.5 Å². The van der Waals surface area contributed by atoms with Crippen molar-refractivity contribution in [1.82, 2.24) is 10.2 Å². The molecule has 1 atom stereocenters. The fourth-order valence-electron chi connectivity index (χ4n) is 2.68. The van der Waals surface area contributed by atoms with E-state index in [-0.39, 0.29) is 5.75 Å². The van der Waals surface area contributed by atoms with E-state index >= 15 is 0 Å². The lowest BCUT2D eigenvalue weighted by atomic mass is 10.1. The highest BCUT2D eigenvalue weighted by Crippen LogP contribution is 2.29. The van der Waals surface area contributed by atoms with Crippen molar-refractivity contribution in [3.8, 4) is 11.5 Å². The van der Waals surface area contributed by atoms with Crippen LogP contribution >= 0.6 is 0 Å². The van der Waals surface area contributed by atoms with Crippen molar-refractivity contribution >= 4 is 0 Å². The summed E-state index contributed by atoms with van der Waals surface area (Å²) in [6.07, 6.45) is 2.65. The van der Waals surface area contributed by atoms with Crippen LogP contribution in [0.2, 0.25) is 0 Å². The summed E-state index contributed by atoms with van der Waals surface area (Å²) >= 11 is 0. The molecule has 0 bridgehead atoms. The molecule has 2 rings (SSSR count). The van der Waals surface area contributed by atoms with Gasteiger partial charge in [0.15, 0.2) is 11.5 Å². The van der Waals surface area contributed by atoms with Crippen LogP contribution in [0.1, 0.15) is 32.3 Å². The molecule has 1 aliphatic rings. The van der Waals surface area contributed by atoms with E-state index in [1.165, 1.54) is 25.9 Å². The fourth-order valence-corrected chi connectivity index (χ4v) is 2.68. The van der Waals surface area contributed by atoms with E-state index < -0.39 is 0 Å². The van der Waals surface area contributed by atoms with Crippen molar-refractivity contribution in [3.05, 3.63) is 23.8 Å². The molecule has 0 radical (unpaired) electrons. The molecule has 0 aromatic heterocycles. The highest BCUT2D eigenvalue weighted by molar-refractivity contribution is 5.45. The number of hydrogen-bond donors (Lipinski definition) is 2. The van der Waals surface area contributed by atoms with Crippen LogP contribution in [0.15, 0.2) is 18.2 Å². The van der Waals surface area contributed by atoms with Gasteiger partial charge in [-0.25, -0.2) is 0 Å². The van der Waals surface area contributed by atoms with Gasteiger partial charge in [0.1, 0.15) is 0 Å². The molecule has 0 aliphatic carbocycles. The molecule has 4 heteroatoms. The Bertz CT molecular complexity index is 417. The molecule has 20 heavy (non-hydrogen) atoms. The van der Waals surface area contributed by atoms with Gasteiger partial charge in [-0.15, -0.1) is 0 Å². The summed E-state index contributed by atoms with van der Waals surface area (Å²) in [6, 6.07) is 6.08. The normalized spacial score (nSPS) is 17.3. The average Bonchev–Trinajstić information content (AvgIpc) is 2.93. The zero-order valence-electron chi connectivity index (χ0n) is 12.6. The Morgan fingerprint density at radius 3 is 2.80 bits per heavy atom. The number of hydrogen-bond acceptors (Lipinski definition) is 4. The molecule has 0 spiro atoms. The molecule has 1 aliphatic heterocycles. The standard InChI is InChI=1S/C16H26N2O2/c1-3-20-15-8-6-7-14(16(15)19)11-17-13(2)12-18-9-4-5-10-18/h6-8,13,17,19H,3-5,9-12H2,1-2H3. The molecule has 1 saturated heterocycles. The maximum absolute atomic E-state index is 10.1. The van der Waals surface area contributed by atoms with Gasteiger partial charge in [0.25, 0.3) is 0 Å². The minimum atomic E-state index is 0.259. The van der Waals surface area contributed by atoms with Crippen LogP contribution in [0.25, 0.3) is 0 Å². The largest absolute Gasteiger partial charge is 0.504 e. The maximum atomic E-state index is 10.1. The SMILES string of the molecule is CCOc1cccc(CNC(C)CN2CCCC2)c1O. The molecule has 4 nitrogen and oxygen atoms in total. The molecule has 0 saturated carbocycles. The van der Waals surface area contributed by atoms with Crippen LogP contribution in [-0.2, 0) is 6.54 Å². The zero-order valence-corrected chi connectivity index (χ0v) is 12.6. The second kappa shape index (κ2) is 7.50. The Hall–Kier alpha value is -1.26. The molecular weight excluding hydrogens is 252 g/mol. The van der Waals surface area contributed by atoms with Crippen LogP contribution in [0.3, 0.4) is 0 Å². The van der Waals surface area contributed by atoms with Crippen molar-refractivity contribution in [2.75, 3.05) is 26.2 Å². The van der Waals surface area contributed by atoms with Crippen molar-refractivity contribution in [3.63, 3.8) is 0 Å². The second-order valence-electron chi connectivity index (χ2n) is 5.49. The zero-order chi connectivity index (χ0) is 14.4. The Morgan fingerprint density at radius 1 is 1.35 bits per heavy atom. The summed E-state index contributed by atoms with van der Waals surface area (Å²) in [5.74, 6) is 0.828. The van der Waals surface area contributed by atoms with Crippen LogP contribution in [0, 0.1) is 0 Å². The summed E-state index contributed by atoms with van der Waals surface area (Å²) < 4.78 is 5.41. The summed E-state index contributed by atoms with van der Waals surface area (Å²) in [5.41, 5.74) is 0.893. The van der Waals surface area contributed by atoms with Crippen LogP contribution in [-0.4, -0.2) is 42.3 Å². The Morgan fingerprint density at radius 2 is 2.10 bits per heavy atom. The van der Waals surface area contributed by atoms with Gasteiger partial charge in [0.2, 0.25) is 0 Å². The number of nitrogens with one attached hydrogen (secondary N) is 1. The Labute approximate surface area is 121 Å². The van der Waals surface area contributed by atoms with Crippen LogP contribution < -0.4 is 10.1 Å². The van der Waals surface area contributed by atoms with E-state index in [0.29, 0.717) is 24.9 Å². The van der Waals surface area contributed by atoms with Gasteiger partial charge in [-0.2, -0.15) is 0 Å². The molecule has 1 aromatic carbocycles. The minimum Gasteiger partial charge on any atom is -0.504 e. The summed E-state index contributed by atoms with van der Waals surface area (Å²) in [7, 11) is 0. The van der Waals surface area contributed by atoms with E-state index in [0.717, 1.165) is 12.1 Å². The van der Waals surface area contributed by atoms with Crippen molar-refractivity contribution in [2.24, 2.45) is 0 Å². The topological polar surface area (TPSA) is 44.7 Å². The molecule has 1 heterocycles. The molecule has 1 fully saturated rings. The monoisotopic (exact) mass is 278 g/mol. The highest BCUT2D eigenvalue weighted by Gasteiger charge is 2.15. The van der Waals surface area contributed by atoms with Crippen molar-refractivity contribution in [1.29, 1.82) is 0 Å². The molecule has 112 valence electrons. The number of phenols is 1. The third-order valence-corrected chi connectivity index (χ3v) is 3.75. The van der Waals surface area contributed by atoms with E-state index in [1.807, 2.05) is 19.1 Å². The molecule has 2 N–H and O–H groups in total. The van der Waals surface area contributed by atoms with Gasteiger partial charge in [-0.05, 0) is 45.8 Å². The molecule has 0 amide bonds. The smallest absolute Gasteiger partial charge is 0.162 e. The summed E-state index contributed by atoms with van der Waals surface area (Å²) in [6.45, 7) is 8.86. The Balaban J connectivity index is 1.84. The number of para-hydroxylation sites is 1. The van der Waals surface area contributed by atoms with Crippen LogP contribution in [0.4, 0.5) is 0 Å². The van der Waals surface area contributed by atoms with E-state index in [4.69, 9.17) is 4.74 Å². The lowest BCUT2D eigenvalue weighted by Crippen LogP contribution is -2.37. The highest BCUT2D eigenvalue weighted by atomic mass is 16.5. The quantitative estimate of drug-likeness (QED) is 0.804. The summed E-state index contributed by atoms with van der Waals surface area (Å²) in [5, 5.41) is 13.6. The summed E-state index contributed by atoms with van der Waals surface area (Å²) in [4.78, 5) is 2.49. The van der Waals surface area contributed by atoms with E-state index in [2.05, 4.69) is 17.1 Å². The minimum absolute atomic E-state index is 0.259. The van der Waals surface area contributed by atoms with Gasteiger partial charge >= 0.3 is 0 Å². The predicted molar refractivity (Wildman–Crippen MR) is 81.3 cm³/mol. The van der Waals surface area contributed by atoms with Gasteiger partial charge in [0.05, 0.1) is 6.61 Å². The number of likely N-dealkylation sites (tertiary alicyclic amines) is 1. The van der Waals surface area contributed by atoms with Gasteiger partial charge in [-0.1, -0.05) is 12.1 Å². The first kappa shape index (κ1) is 15.1. The molecular formula is C16H26N2O2. The lowest BCUT2D eigenvalue weighted by Gasteiger charge is -2.21. The second-order valence-corrected chi connectivity index (χ2v) is 5.49. The first-order valence-corrected chi connectivity index (χ1v) is 7.60. The number of aromatic hydroxyl groups is 1. The van der Waals surface area contributed by atoms with Crippen molar-refractivity contribution < 1.29 is 9.84 Å². The Kier molecular flexibility index (Phi) is 5.68. The third-order valence-electron chi connectivity index (χ3n) is 3.75. The number of rotatable bonds is 7. The lowest BCUT2D eigenvalue weighted by molar-refractivity contribution is 0.296. The number of phenolic OH excluding ortho intramolecular Hbond substituents is 1. The van der Waals surface area contributed by atoms with Gasteiger partial charge in [0, 0.05) is 24.7 Å². The molecule has 1 unspecified atom stereocenters. The van der Waals surface area contributed by atoms with Crippen molar-refractivity contribution in [2.45, 2.75) is 39.3 Å².